The normalized spacial score (nSPS) is 51.8. The number of rotatable bonds is 1. The molecule has 0 amide bonds. The molecule has 7 nitrogen and oxygen atoms in total. The molecule has 0 spiro atoms. The second kappa shape index (κ2) is 3.28. The van der Waals surface area contributed by atoms with Crippen LogP contribution in [0.15, 0.2) is 5.18 Å². The first-order chi connectivity index (χ1) is 5.90. The van der Waals surface area contributed by atoms with E-state index in [1.807, 2.05) is 0 Å². The Bertz CT molecular complexity index is 210. The predicted octanol–water partition coefficient (Wildman–Crippen LogP) is -2.17. The summed E-state index contributed by atoms with van der Waals surface area (Å²) in [5, 5.41) is 21.3. The van der Waals surface area contributed by atoms with Gasteiger partial charge in [-0.3, -0.25) is 5.73 Å². The molecule has 1 heterocycles. The van der Waals surface area contributed by atoms with Crippen LogP contribution in [0.4, 0.5) is 0 Å². The molecule has 76 valence electrons. The van der Waals surface area contributed by atoms with Gasteiger partial charge in [0.05, 0.1) is 6.10 Å². The lowest BCUT2D eigenvalue weighted by atomic mass is 9.94. The maximum atomic E-state index is 10.3. The molecular weight excluding hydrogens is 178 g/mol. The van der Waals surface area contributed by atoms with Gasteiger partial charge in [0.2, 0.25) is 5.91 Å². The van der Waals surface area contributed by atoms with Gasteiger partial charge in [-0.1, -0.05) is 5.18 Å². The number of aliphatic hydroxyl groups excluding tert-OH is 1. The number of hydrogen-bond acceptors (Lipinski definition) is 7. The summed E-state index contributed by atoms with van der Waals surface area (Å²) >= 11 is 0. The third-order valence-corrected chi connectivity index (χ3v) is 2.17. The van der Waals surface area contributed by atoms with Crippen LogP contribution in [0.1, 0.15) is 6.92 Å². The fourth-order valence-corrected chi connectivity index (χ4v) is 1.31. The van der Waals surface area contributed by atoms with Crippen molar-refractivity contribution in [1.82, 2.24) is 0 Å². The molecule has 0 saturated carbocycles. The van der Waals surface area contributed by atoms with Gasteiger partial charge in [-0.05, 0) is 6.92 Å². The fourth-order valence-electron chi connectivity index (χ4n) is 1.31. The predicted molar refractivity (Wildman–Crippen MR) is 43.2 cm³/mol. The zero-order valence-electron chi connectivity index (χ0n) is 7.12. The van der Waals surface area contributed by atoms with Gasteiger partial charge in [-0.2, -0.15) is 4.91 Å². The van der Waals surface area contributed by atoms with Crippen LogP contribution in [-0.4, -0.2) is 40.4 Å². The van der Waals surface area contributed by atoms with E-state index in [0.29, 0.717) is 0 Å². The molecule has 1 rings (SSSR count). The Labute approximate surface area is 74.6 Å². The zero-order chi connectivity index (χ0) is 10.2. The molecule has 0 aliphatic carbocycles. The summed E-state index contributed by atoms with van der Waals surface area (Å²) in [7, 11) is 0. The standard InChI is InChI=1S/C6H13N3O4/c1-2-4(10)3(9-12)5(7)6(8,11)13-2/h2-5,10-11H,7-8H2,1H3. The molecule has 7 heteroatoms. The van der Waals surface area contributed by atoms with E-state index in [1.165, 1.54) is 6.92 Å². The highest BCUT2D eigenvalue weighted by Crippen LogP contribution is 2.24. The molecule has 5 atom stereocenters. The zero-order valence-corrected chi connectivity index (χ0v) is 7.12. The highest BCUT2D eigenvalue weighted by molar-refractivity contribution is 4.98. The lowest BCUT2D eigenvalue weighted by Crippen LogP contribution is -2.70. The fraction of sp³-hybridized carbons (Fsp3) is 1.00. The average molecular weight is 191 g/mol. The topological polar surface area (TPSA) is 131 Å². The van der Waals surface area contributed by atoms with Crippen molar-refractivity contribution in [3.05, 3.63) is 4.91 Å². The van der Waals surface area contributed by atoms with Crippen molar-refractivity contribution in [2.75, 3.05) is 0 Å². The molecule has 0 aromatic carbocycles. The molecule has 13 heavy (non-hydrogen) atoms. The lowest BCUT2D eigenvalue weighted by Gasteiger charge is -2.42. The van der Waals surface area contributed by atoms with E-state index in [1.54, 1.807) is 0 Å². The summed E-state index contributed by atoms with van der Waals surface area (Å²) in [6.45, 7) is 1.46. The number of hydrogen-bond donors (Lipinski definition) is 4. The van der Waals surface area contributed by atoms with Crippen LogP contribution in [0.25, 0.3) is 0 Å². The first kappa shape index (κ1) is 10.5. The molecule has 0 radical (unpaired) electrons. The molecule has 0 aromatic heterocycles. The number of nitrogens with zero attached hydrogens (tertiary/aromatic N) is 1. The Balaban J connectivity index is 2.87. The van der Waals surface area contributed by atoms with Gasteiger partial charge in [-0.25, -0.2) is 0 Å². The Hall–Kier alpha value is -0.600. The number of aliphatic hydroxyl groups is 2. The van der Waals surface area contributed by atoms with Crippen molar-refractivity contribution in [3.8, 4) is 0 Å². The Morgan fingerprint density at radius 2 is 2.15 bits per heavy atom. The molecule has 0 bridgehead atoms. The van der Waals surface area contributed by atoms with E-state index in [-0.39, 0.29) is 0 Å². The van der Waals surface area contributed by atoms with Crippen molar-refractivity contribution in [2.24, 2.45) is 16.6 Å². The van der Waals surface area contributed by atoms with Gasteiger partial charge in [0.1, 0.15) is 18.2 Å². The minimum absolute atomic E-state index is 0.780. The molecule has 5 unspecified atom stereocenters. The van der Waals surface area contributed by atoms with Gasteiger partial charge in [0.25, 0.3) is 0 Å². The molecule has 0 aromatic rings. The quantitative estimate of drug-likeness (QED) is 0.275. The highest BCUT2D eigenvalue weighted by atomic mass is 16.7. The van der Waals surface area contributed by atoms with Crippen molar-refractivity contribution < 1.29 is 14.9 Å². The van der Waals surface area contributed by atoms with Gasteiger partial charge in [-0.15, -0.1) is 0 Å². The number of nitrogens with two attached hydrogens (primary N) is 2. The summed E-state index contributed by atoms with van der Waals surface area (Å²) in [5.74, 6) is -2.11. The first-order valence-corrected chi connectivity index (χ1v) is 3.85. The van der Waals surface area contributed by atoms with E-state index in [9.17, 15) is 15.1 Å². The van der Waals surface area contributed by atoms with E-state index < -0.39 is 30.2 Å². The van der Waals surface area contributed by atoms with E-state index in [0.717, 1.165) is 0 Å². The van der Waals surface area contributed by atoms with Crippen LogP contribution in [0.5, 0.6) is 0 Å². The van der Waals surface area contributed by atoms with Crippen LogP contribution in [0.3, 0.4) is 0 Å². The molecule has 6 N–H and O–H groups in total. The van der Waals surface area contributed by atoms with Crippen LogP contribution in [-0.2, 0) is 4.74 Å². The van der Waals surface area contributed by atoms with Gasteiger partial charge < -0.3 is 20.7 Å². The second-order valence-corrected chi connectivity index (χ2v) is 3.19. The summed E-state index contributed by atoms with van der Waals surface area (Å²) in [6.07, 6.45) is -1.92. The minimum Gasteiger partial charge on any atom is -0.388 e. The monoisotopic (exact) mass is 191 g/mol. The summed E-state index contributed by atoms with van der Waals surface area (Å²) in [4.78, 5) is 10.3. The molecule has 1 fully saturated rings. The third kappa shape index (κ3) is 1.69. The molecule has 1 aliphatic heterocycles. The maximum Gasteiger partial charge on any atom is 0.241 e. The second-order valence-electron chi connectivity index (χ2n) is 3.19. The Morgan fingerprint density at radius 3 is 2.62 bits per heavy atom. The minimum atomic E-state index is -2.11. The van der Waals surface area contributed by atoms with Crippen LogP contribution in [0, 0.1) is 4.91 Å². The summed E-state index contributed by atoms with van der Waals surface area (Å²) in [5.41, 5.74) is 10.6. The van der Waals surface area contributed by atoms with Gasteiger partial charge in [0.15, 0.2) is 0 Å². The first-order valence-electron chi connectivity index (χ1n) is 3.85. The van der Waals surface area contributed by atoms with E-state index >= 15 is 0 Å². The molecule has 1 aliphatic rings. The maximum absolute atomic E-state index is 10.3. The van der Waals surface area contributed by atoms with Crippen molar-refractivity contribution >= 4 is 0 Å². The van der Waals surface area contributed by atoms with E-state index in [2.05, 4.69) is 5.18 Å². The lowest BCUT2D eigenvalue weighted by molar-refractivity contribution is -0.282. The van der Waals surface area contributed by atoms with Crippen LogP contribution < -0.4 is 11.5 Å². The highest BCUT2D eigenvalue weighted by Gasteiger charge is 2.49. The van der Waals surface area contributed by atoms with Crippen molar-refractivity contribution in [1.29, 1.82) is 0 Å². The van der Waals surface area contributed by atoms with Crippen LogP contribution in [0.2, 0.25) is 0 Å². The van der Waals surface area contributed by atoms with Gasteiger partial charge >= 0.3 is 0 Å². The Kier molecular flexibility index (Phi) is 2.64. The van der Waals surface area contributed by atoms with Crippen LogP contribution >= 0.6 is 0 Å². The smallest absolute Gasteiger partial charge is 0.241 e. The Morgan fingerprint density at radius 1 is 1.62 bits per heavy atom. The van der Waals surface area contributed by atoms with Gasteiger partial charge in [0, 0.05) is 0 Å². The number of ether oxygens (including phenoxy) is 1. The summed E-state index contributed by atoms with van der Waals surface area (Å²) in [6, 6.07) is -2.38. The SMILES string of the molecule is CC1OC(N)(O)C(N)C(N=O)C1O. The largest absolute Gasteiger partial charge is 0.388 e. The third-order valence-electron chi connectivity index (χ3n) is 2.17. The average Bonchev–Trinajstić information content (AvgIpc) is 2.02. The molecule has 1 saturated heterocycles. The summed E-state index contributed by atoms with van der Waals surface area (Å²) < 4.78 is 4.79. The van der Waals surface area contributed by atoms with E-state index in [4.69, 9.17) is 16.2 Å². The number of nitroso groups, excluding NO2 is 1. The van der Waals surface area contributed by atoms with Crippen molar-refractivity contribution in [2.45, 2.75) is 37.1 Å². The molecular formula is C6H13N3O4. The van der Waals surface area contributed by atoms with Crippen molar-refractivity contribution in [3.63, 3.8) is 0 Å².